The molecule has 0 N–H and O–H groups in total. The van der Waals surface area contributed by atoms with E-state index in [4.69, 9.17) is 19.2 Å². The molecule has 184 valence electrons. The van der Waals surface area contributed by atoms with Gasteiger partial charge in [-0.2, -0.15) is 5.10 Å². The van der Waals surface area contributed by atoms with Crippen molar-refractivity contribution in [2.75, 3.05) is 19.8 Å². The number of carbonyl (C=O) groups is 2. The third kappa shape index (κ3) is 5.29. The van der Waals surface area contributed by atoms with E-state index >= 15 is 0 Å². The summed E-state index contributed by atoms with van der Waals surface area (Å²) < 4.78 is 16.7. The van der Waals surface area contributed by atoms with E-state index in [9.17, 15) is 9.59 Å². The molecule has 34 heavy (non-hydrogen) atoms. The fourth-order valence-corrected chi connectivity index (χ4v) is 3.77. The number of esters is 1. The molecule has 1 aromatic carbocycles. The molecule has 0 aliphatic carbocycles. The van der Waals surface area contributed by atoms with Crippen molar-refractivity contribution in [3.05, 3.63) is 24.3 Å². The van der Waals surface area contributed by atoms with Crippen LogP contribution in [0.25, 0.3) is 0 Å². The maximum atomic E-state index is 13.2. The summed E-state index contributed by atoms with van der Waals surface area (Å²) in [6, 6.07) is 6.98. The monoisotopic (exact) mass is 470 g/mol. The number of hydrogen-bond acceptors (Lipinski definition) is 8. The van der Waals surface area contributed by atoms with Crippen LogP contribution >= 0.6 is 0 Å². The normalized spacial score (nSPS) is 19.8. The van der Waals surface area contributed by atoms with Gasteiger partial charge in [0.15, 0.2) is 11.3 Å². The zero-order valence-corrected chi connectivity index (χ0v) is 20.9. The van der Waals surface area contributed by atoms with Crippen LogP contribution in [0.1, 0.15) is 60.8 Å². The highest BCUT2D eigenvalue weighted by Crippen LogP contribution is 2.29. The molecule has 2 aliphatic rings. The molecule has 1 unspecified atom stereocenters. The van der Waals surface area contributed by atoms with Crippen LogP contribution < -0.4 is 9.47 Å². The predicted octanol–water partition coefficient (Wildman–Crippen LogP) is 3.81. The van der Waals surface area contributed by atoms with E-state index in [-0.39, 0.29) is 12.5 Å². The molecule has 9 heteroatoms. The maximum Gasteiger partial charge on any atom is 0.349 e. The van der Waals surface area contributed by atoms with Gasteiger partial charge in [0.25, 0.3) is 5.91 Å². The molecule has 1 atom stereocenters. The minimum absolute atomic E-state index is 0.169. The van der Waals surface area contributed by atoms with Gasteiger partial charge in [-0.05, 0) is 64.8 Å². The van der Waals surface area contributed by atoms with Gasteiger partial charge in [0.1, 0.15) is 29.5 Å². The highest BCUT2D eigenvalue weighted by Gasteiger charge is 2.44. The number of ether oxygens (including phenoxy) is 3. The molecule has 0 bridgehead atoms. The van der Waals surface area contributed by atoms with Crippen LogP contribution in [-0.2, 0) is 14.3 Å². The summed E-state index contributed by atoms with van der Waals surface area (Å²) in [5.41, 5.74) is -0.0327. The second kappa shape index (κ2) is 10.4. The van der Waals surface area contributed by atoms with Crippen molar-refractivity contribution in [2.45, 2.75) is 72.1 Å². The lowest BCUT2D eigenvalue weighted by Gasteiger charge is -2.41. The SMILES string of the molecule is CCCC1=NN=C2C(=O)N(CCOc3ccc(OC(C)(C)C(=O)OCC)cc3)C(C)(CC)N=C12. The van der Waals surface area contributed by atoms with E-state index in [2.05, 4.69) is 17.1 Å². The molecule has 0 fully saturated rings. The van der Waals surface area contributed by atoms with Gasteiger partial charge in [-0.25, -0.2) is 4.79 Å². The lowest BCUT2D eigenvalue weighted by atomic mass is 9.97. The summed E-state index contributed by atoms with van der Waals surface area (Å²) >= 11 is 0. The molecule has 0 spiro atoms. The van der Waals surface area contributed by atoms with Gasteiger partial charge in [0.2, 0.25) is 0 Å². The highest BCUT2D eigenvalue weighted by molar-refractivity contribution is 6.83. The molecule has 3 rings (SSSR count). The summed E-state index contributed by atoms with van der Waals surface area (Å²) in [5, 5.41) is 8.30. The van der Waals surface area contributed by atoms with Crippen molar-refractivity contribution in [1.82, 2.24) is 4.90 Å². The molecule has 1 aromatic rings. The second-order valence-corrected chi connectivity index (χ2v) is 8.89. The third-order valence-corrected chi connectivity index (χ3v) is 5.85. The van der Waals surface area contributed by atoms with Gasteiger partial charge in [0, 0.05) is 0 Å². The third-order valence-electron chi connectivity index (χ3n) is 5.85. The molecular formula is C25H34N4O5. The molecule has 1 amide bonds. The zero-order chi connectivity index (χ0) is 24.9. The number of rotatable bonds is 11. The van der Waals surface area contributed by atoms with Crippen LogP contribution in [0.5, 0.6) is 11.5 Å². The number of aliphatic imine (C=N–C) groups is 1. The van der Waals surface area contributed by atoms with Crippen LogP contribution in [0.2, 0.25) is 0 Å². The lowest BCUT2D eigenvalue weighted by molar-refractivity contribution is -0.158. The second-order valence-electron chi connectivity index (χ2n) is 8.89. The van der Waals surface area contributed by atoms with Crippen LogP contribution in [0.4, 0.5) is 0 Å². The Labute approximate surface area is 200 Å². The Morgan fingerprint density at radius 3 is 2.35 bits per heavy atom. The lowest BCUT2D eigenvalue weighted by Crippen LogP contribution is -2.58. The van der Waals surface area contributed by atoms with Gasteiger partial charge < -0.3 is 19.1 Å². The Hall–Kier alpha value is -3.23. The predicted molar refractivity (Wildman–Crippen MR) is 131 cm³/mol. The maximum absolute atomic E-state index is 13.2. The molecular weight excluding hydrogens is 436 g/mol. The highest BCUT2D eigenvalue weighted by atomic mass is 16.6. The molecule has 0 saturated carbocycles. The van der Waals surface area contributed by atoms with Crippen LogP contribution in [0.3, 0.4) is 0 Å². The van der Waals surface area contributed by atoms with Crippen molar-refractivity contribution in [3.63, 3.8) is 0 Å². The first kappa shape index (κ1) is 25.4. The molecule has 2 aliphatic heterocycles. The van der Waals surface area contributed by atoms with Gasteiger partial charge in [-0.1, -0.05) is 20.3 Å². The Morgan fingerprint density at radius 2 is 1.74 bits per heavy atom. The molecule has 9 nitrogen and oxygen atoms in total. The summed E-state index contributed by atoms with van der Waals surface area (Å²) in [4.78, 5) is 31.8. The van der Waals surface area contributed by atoms with E-state index in [0.29, 0.717) is 42.5 Å². The summed E-state index contributed by atoms with van der Waals surface area (Å²) in [7, 11) is 0. The summed E-state index contributed by atoms with van der Waals surface area (Å²) in [5.74, 6) is 0.558. The van der Waals surface area contributed by atoms with Gasteiger partial charge in [-0.3, -0.25) is 9.79 Å². The van der Waals surface area contributed by atoms with Crippen molar-refractivity contribution in [3.8, 4) is 11.5 Å². The average Bonchev–Trinajstić information content (AvgIpc) is 3.19. The van der Waals surface area contributed by atoms with Crippen LogP contribution in [-0.4, -0.2) is 64.9 Å². The van der Waals surface area contributed by atoms with Gasteiger partial charge >= 0.3 is 5.97 Å². The fraction of sp³-hybridized carbons (Fsp3) is 0.560. The molecule has 0 aromatic heterocycles. The van der Waals surface area contributed by atoms with Gasteiger partial charge in [-0.15, -0.1) is 5.10 Å². The number of carbonyl (C=O) groups excluding carboxylic acids is 2. The van der Waals surface area contributed by atoms with Crippen LogP contribution in [0, 0.1) is 0 Å². The molecule has 2 heterocycles. The first-order chi connectivity index (χ1) is 16.1. The van der Waals surface area contributed by atoms with Crippen molar-refractivity contribution < 1.29 is 23.8 Å². The summed E-state index contributed by atoms with van der Waals surface area (Å²) in [6.45, 7) is 12.0. The smallest absolute Gasteiger partial charge is 0.349 e. The number of amides is 1. The number of fused-ring (bicyclic) bond motifs is 1. The van der Waals surface area contributed by atoms with E-state index in [1.165, 1.54) is 0 Å². The van der Waals surface area contributed by atoms with Crippen molar-refractivity contribution >= 4 is 29.0 Å². The van der Waals surface area contributed by atoms with Crippen LogP contribution in [0.15, 0.2) is 39.5 Å². The topological polar surface area (TPSA) is 102 Å². The number of hydrogen-bond donors (Lipinski definition) is 0. The zero-order valence-electron chi connectivity index (χ0n) is 20.9. The fourth-order valence-electron chi connectivity index (χ4n) is 3.77. The number of benzene rings is 1. The van der Waals surface area contributed by atoms with E-state index in [1.807, 2.05) is 13.8 Å². The Morgan fingerprint density at radius 1 is 1.06 bits per heavy atom. The van der Waals surface area contributed by atoms with Gasteiger partial charge in [0.05, 0.1) is 18.9 Å². The quantitative estimate of drug-likeness (QED) is 0.458. The largest absolute Gasteiger partial charge is 0.492 e. The first-order valence-electron chi connectivity index (χ1n) is 11.8. The summed E-state index contributed by atoms with van der Waals surface area (Å²) in [6.07, 6.45) is 2.33. The standard InChI is InChI=1S/C25H34N4O5/c1-7-10-19-20-21(28-27-19)22(30)29(25(6,8-2)26-20)15-16-33-17-11-13-18(14-12-17)34-24(4,5)23(31)32-9-3/h11-14H,7-10,15-16H2,1-6H3. The Kier molecular flexibility index (Phi) is 7.74. The molecule has 0 radical (unpaired) electrons. The molecule has 0 saturated heterocycles. The Bertz CT molecular complexity index is 1010. The first-order valence-corrected chi connectivity index (χ1v) is 11.8. The van der Waals surface area contributed by atoms with E-state index < -0.39 is 17.2 Å². The average molecular weight is 471 g/mol. The van der Waals surface area contributed by atoms with E-state index in [1.54, 1.807) is 49.9 Å². The van der Waals surface area contributed by atoms with Crippen molar-refractivity contribution in [1.29, 1.82) is 0 Å². The number of nitrogens with zero attached hydrogens (tertiary/aromatic N) is 4. The Balaban J connectivity index is 1.61. The van der Waals surface area contributed by atoms with E-state index in [0.717, 1.165) is 18.6 Å². The minimum atomic E-state index is -1.10. The minimum Gasteiger partial charge on any atom is -0.492 e. The van der Waals surface area contributed by atoms with Crippen molar-refractivity contribution in [2.24, 2.45) is 15.2 Å².